The van der Waals surface area contributed by atoms with Gasteiger partial charge in [0, 0.05) is 50.4 Å². The van der Waals surface area contributed by atoms with Crippen LogP contribution in [-0.2, 0) is 6.54 Å². The predicted molar refractivity (Wildman–Crippen MR) is 97.7 cm³/mol. The van der Waals surface area contributed by atoms with Crippen LogP contribution in [0.1, 0.15) is 54.5 Å². The minimum absolute atomic E-state index is 0.00929. The SMILES string of the molecule is CC(C)c1cc(C(=O)N2C[C@@H]3CC[C@H]2CN(Cc2ccccn2)C3)no1. The smallest absolute Gasteiger partial charge is 0.276 e. The molecule has 0 radical (unpaired) electrons. The second-order valence-corrected chi connectivity index (χ2v) is 7.84. The monoisotopic (exact) mass is 354 g/mol. The fourth-order valence-electron chi connectivity index (χ4n) is 4.09. The molecule has 2 aromatic heterocycles. The third-order valence-electron chi connectivity index (χ3n) is 5.48. The number of aromatic nitrogens is 2. The van der Waals surface area contributed by atoms with Crippen LogP contribution in [0.15, 0.2) is 35.0 Å². The summed E-state index contributed by atoms with van der Waals surface area (Å²) < 4.78 is 5.33. The van der Waals surface area contributed by atoms with E-state index in [0.717, 1.165) is 44.1 Å². The van der Waals surface area contributed by atoms with Gasteiger partial charge in [-0.3, -0.25) is 14.7 Å². The normalized spacial score (nSPS) is 23.4. The molecule has 26 heavy (non-hydrogen) atoms. The largest absolute Gasteiger partial charge is 0.360 e. The molecule has 138 valence electrons. The van der Waals surface area contributed by atoms with Gasteiger partial charge >= 0.3 is 0 Å². The molecule has 6 heteroatoms. The van der Waals surface area contributed by atoms with E-state index in [-0.39, 0.29) is 17.9 Å². The van der Waals surface area contributed by atoms with E-state index >= 15 is 0 Å². The van der Waals surface area contributed by atoms with Gasteiger partial charge < -0.3 is 9.42 Å². The van der Waals surface area contributed by atoms with Crippen molar-refractivity contribution >= 4 is 5.91 Å². The zero-order valence-electron chi connectivity index (χ0n) is 15.5. The summed E-state index contributed by atoms with van der Waals surface area (Å²) in [6.45, 7) is 7.65. The van der Waals surface area contributed by atoms with Gasteiger partial charge in [0.05, 0.1) is 5.69 Å². The zero-order chi connectivity index (χ0) is 18.1. The minimum Gasteiger partial charge on any atom is -0.360 e. The lowest BCUT2D eigenvalue weighted by molar-refractivity contribution is 0.0574. The average Bonchev–Trinajstić information content (AvgIpc) is 2.98. The molecule has 3 aliphatic heterocycles. The Morgan fingerprint density at radius 2 is 2.15 bits per heavy atom. The number of piperidine rings is 1. The number of nitrogens with zero attached hydrogens (tertiary/aromatic N) is 4. The Morgan fingerprint density at radius 3 is 2.88 bits per heavy atom. The lowest BCUT2D eigenvalue weighted by Gasteiger charge is -2.35. The van der Waals surface area contributed by atoms with Crippen LogP contribution in [0.4, 0.5) is 0 Å². The maximum absolute atomic E-state index is 13.0. The number of hydrogen-bond acceptors (Lipinski definition) is 5. The van der Waals surface area contributed by atoms with Gasteiger partial charge in [-0.25, -0.2) is 0 Å². The van der Waals surface area contributed by atoms with Crippen molar-refractivity contribution < 1.29 is 9.32 Å². The molecule has 0 saturated carbocycles. The molecule has 2 atom stereocenters. The maximum Gasteiger partial charge on any atom is 0.276 e. The zero-order valence-corrected chi connectivity index (χ0v) is 15.5. The van der Waals surface area contributed by atoms with Gasteiger partial charge in [0.1, 0.15) is 5.76 Å². The number of carbonyl (C=O) groups excluding carboxylic acids is 1. The van der Waals surface area contributed by atoms with Crippen molar-refractivity contribution in [1.82, 2.24) is 19.9 Å². The summed E-state index contributed by atoms with van der Waals surface area (Å²) in [4.78, 5) is 21.9. The number of carbonyl (C=O) groups is 1. The Bertz CT molecular complexity index is 758. The van der Waals surface area contributed by atoms with Gasteiger partial charge in [0.2, 0.25) is 0 Å². The molecule has 0 N–H and O–H groups in total. The first-order valence-corrected chi connectivity index (χ1v) is 9.50. The van der Waals surface area contributed by atoms with Gasteiger partial charge in [-0.1, -0.05) is 25.1 Å². The lowest BCUT2D eigenvalue weighted by Crippen LogP contribution is -2.47. The summed E-state index contributed by atoms with van der Waals surface area (Å²) in [5.74, 6) is 1.52. The van der Waals surface area contributed by atoms with E-state index in [1.165, 1.54) is 6.42 Å². The van der Waals surface area contributed by atoms with Crippen LogP contribution in [0.25, 0.3) is 0 Å². The molecule has 2 bridgehead atoms. The van der Waals surface area contributed by atoms with E-state index in [1.54, 1.807) is 6.07 Å². The maximum atomic E-state index is 13.0. The first-order chi connectivity index (χ1) is 12.6. The van der Waals surface area contributed by atoms with Gasteiger partial charge in [-0.15, -0.1) is 0 Å². The van der Waals surface area contributed by atoms with E-state index in [4.69, 9.17) is 4.52 Å². The number of rotatable bonds is 4. The second-order valence-electron chi connectivity index (χ2n) is 7.84. The van der Waals surface area contributed by atoms with Crippen LogP contribution >= 0.6 is 0 Å². The van der Waals surface area contributed by atoms with Gasteiger partial charge in [-0.05, 0) is 30.9 Å². The molecule has 5 rings (SSSR count). The standard InChI is InChI=1S/C20H26N4O2/c1-14(2)19-9-18(22-26-19)20(25)24-11-15-6-7-17(24)13-23(10-15)12-16-5-3-4-8-21-16/h3-5,8-9,14-15,17H,6-7,10-13H2,1-2H3/t15-,17+/m1/s1. The Morgan fingerprint density at radius 1 is 1.27 bits per heavy atom. The summed E-state index contributed by atoms with van der Waals surface area (Å²) in [6, 6.07) is 8.08. The topological polar surface area (TPSA) is 62.5 Å². The molecule has 5 heterocycles. The highest BCUT2D eigenvalue weighted by Crippen LogP contribution is 2.30. The molecule has 0 spiro atoms. The number of pyridine rings is 1. The van der Waals surface area contributed by atoms with Gasteiger partial charge in [-0.2, -0.15) is 0 Å². The van der Waals surface area contributed by atoms with Crippen molar-refractivity contribution in [3.8, 4) is 0 Å². The average molecular weight is 354 g/mol. The van der Waals surface area contributed by atoms with Crippen molar-refractivity contribution in [2.45, 2.75) is 45.2 Å². The third-order valence-corrected chi connectivity index (χ3v) is 5.48. The quantitative estimate of drug-likeness (QED) is 0.845. The van der Waals surface area contributed by atoms with Crippen molar-refractivity contribution in [1.29, 1.82) is 0 Å². The number of hydrogen-bond donors (Lipinski definition) is 0. The molecule has 3 saturated heterocycles. The van der Waals surface area contributed by atoms with E-state index in [9.17, 15) is 4.79 Å². The molecule has 3 aliphatic rings. The summed E-state index contributed by atoms with van der Waals surface area (Å²) in [5, 5.41) is 4.02. The molecule has 3 fully saturated rings. The van der Waals surface area contributed by atoms with Crippen molar-refractivity contribution in [2.24, 2.45) is 5.92 Å². The molecule has 0 aliphatic carbocycles. The Labute approximate surface area is 154 Å². The Hall–Kier alpha value is -2.21. The molecule has 6 nitrogen and oxygen atoms in total. The molecule has 2 aromatic rings. The van der Waals surface area contributed by atoms with Crippen LogP contribution in [-0.4, -0.2) is 51.5 Å². The van der Waals surface area contributed by atoms with Gasteiger partial charge in [0.15, 0.2) is 5.69 Å². The van der Waals surface area contributed by atoms with Crippen LogP contribution in [0.2, 0.25) is 0 Å². The first-order valence-electron chi connectivity index (χ1n) is 9.50. The van der Waals surface area contributed by atoms with Crippen LogP contribution in [0.3, 0.4) is 0 Å². The number of amides is 1. The van der Waals surface area contributed by atoms with Crippen LogP contribution < -0.4 is 0 Å². The summed E-state index contributed by atoms with van der Waals surface area (Å²) in [5.41, 5.74) is 1.53. The molecular formula is C20H26N4O2. The Balaban J connectivity index is 1.48. The highest BCUT2D eigenvalue weighted by atomic mass is 16.5. The first kappa shape index (κ1) is 17.2. The van der Waals surface area contributed by atoms with Crippen molar-refractivity contribution in [2.75, 3.05) is 19.6 Å². The highest BCUT2D eigenvalue weighted by molar-refractivity contribution is 5.92. The number of fused-ring (bicyclic) bond motifs is 4. The van der Waals surface area contributed by atoms with Crippen molar-refractivity contribution in [3.05, 3.63) is 47.6 Å². The van der Waals surface area contributed by atoms with E-state index in [1.807, 2.05) is 37.1 Å². The van der Waals surface area contributed by atoms with E-state index < -0.39 is 0 Å². The van der Waals surface area contributed by atoms with Crippen LogP contribution in [0.5, 0.6) is 0 Å². The Kier molecular flexibility index (Phi) is 4.76. The molecule has 1 amide bonds. The van der Waals surface area contributed by atoms with Gasteiger partial charge in [0.25, 0.3) is 5.91 Å². The lowest BCUT2D eigenvalue weighted by atomic mass is 9.94. The predicted octanol–water partition coefficient (Wildman–Crippen LogP) is 2.93. The van der Waals surface area contributed by atoms with Crippen LogP contribution in [0, 0.1) is 5.92 Å². The van der Waals surface area contributed by atoms with E-state index in [2.05, 4.69) is 21.1 Å². The summed E-state index contributed by atoms with van der Waals surface area (Å²) in [7, 11) is 0. The fourth-order valence-corrected chi connectivity index (χ4v) is 4.09. The molecule has 0 unspecified atom stereocenters. The highest BCUT2D eigenvalue weighted by Gasteiger charge is 2.38. The fraction of sp³-hybridized carbons (Fsp3) is 0.550. The third kappa shape index (κ3) is 3.51. The molecule has 0 aromatic carbocycles. The summed E-state index contributed by atoms with van der Waals surface area (Å²) >= 11 is 0. The molecular weight excluding hydrogens is 328 g/mol. The summed E-state index contributed by atoms with van der Waals surface area (Å²) in [6.07, 6.45) is 4.09. The van der Waals surface area contributed by atoms with Crippen molar-refractivity contribution in [3.63, 3.8) is 0 Å². The minimum atomic E-state index is 0.00929. The van der Waals surface area contributed by atoms with E-state index in [0.29, 0.717) is 11.6 Å². The second kappa shape index (κ2) is 7.19.